The van der Waals surface area contributed by atoms with E-state index in [2.05, 4.69) is 41.8 Å². The fourth-order valence-corrected chi connectivity index (χ4v) is 4.72. The standard InChI is InChI=1S/C26H33BrFN3O3/c1-26(2,3)23(30(4)25(32)33)9-7-6-8-14-34-18-11-12-19(21(28)16-18)24-20-15-17(27)10-13-22(20)31(5)29-24/h10-13,15-16,23H,6-9,14H2,1-5H3,(H,32,33). The van der Waals surface area contributed by atoms with Crippen molar-refractivity contribution in [1.82, 2.24) is 14.7 Å². The number of nitrogens with zero attached hydrogens (tertiary/aromatic N) is 3. The van der Waals surface area contributed by atoms with Gasteiger partial charge in [-0.1, -0.05) is 43.1 Å². The molecule has 184 valence electrons. The molecule has 3 rings (SSSR count). The number of aromatic nitrogens is 2. The van der Waals surface area contributed by atoms with Crippen molar-refractivity contribution in [2.75, 3.05) is 13.7 Å². The maximum atomic E-state index is 15.0. The van der Waals surface area contributed by atoms with Crippen LogP contribution in [0.15, 0.2) is 40.9 Å². The molecule has 1 heterocycles. The van der Waals surface area contributed by atoms with Gasteiger partial charge in [0.2, 0.25) is 0 Å². The van der Waals surface area contributed by atoms with E-state index in [9.17, 15) is 14.3 Å². The minimum Gasteiger partial charge on any atom is -0.493 e. The molecular formula is C26H33BrFN3O3. The topological polar surface area (TPSA) is 67.6 Å². The van der Waals surface area contributed by atoms with Gasteiger partial charge in [-0.2, -0.15) is 5.10 Å². The van der Waals surface area contributed by atoms with Gasteiger partial charge in [-0.25, -0.2) is 9.18 Å². The molecule has 0 aliphatic rings. The zero-order valence-electron chi connectivity index (χ0n) is 20.4. The lowest BCUT2D eigenvalue weighted by molar-refractivity contribution is 0.0925. The number of benzene rings is 2. The van der Waals surface area contributed by atoms with Gasteiger partial charge in [0.1, 0.15) is 17.3 Å². The average Bonchev–Trinajstić information content (AvgIpc) is 3.07. The van der Waals surface area contributed by atoms with Crippen LogP contribution in [0, 0.1) is 11.2 Å². The van der Waals surface area contributed by atoms with E-state index in [0.29, 0.717) is 23.6 Å². The highest BCUT2D eigenvalue weighted by Crippen LogP contribution is 2.33. The molecule has 0 aliphatic carbocycles. The number of hydrogen-bond donors (Lipinski definition) is 1. The highest BCUT2D eigenvalue weighted by atomic mass is 79.9. The van der Waals surface area contributed by atoms with Crippen LogP contribution in [0.2, 0.25) is 0 Å². The monoisotopic (exact) mass is 533 g/mol. The molecule has 1 aromatic heterocycles. The molecule has 0 radical (unpaired) electrons. The summed E-state index contributed by atoms with van der Waals surface area (Å²) in [5.41, 5.74) is 1.84. The number of halogens is 2. The normalized spacial score (nSPS) is 12.7. The van der Waals surface area contributed by atoms with E-state index in [0.717, 1.165) is 41.1 Å². The van der Waals surface area contributed by atoms with E-state index in [4.69, 9.17) is 4.74 Å². The molecule has 0 fully saturated rings. The van der Waals surface area contributed by atoms with Gasteiger partial charge in [0.05, 0.1) is 12.1 Å². The number of carbonyl (C=O) groups is 1. The average molecular weight is 534 g/mol. The third-order valence-corrected chi connectivity index (χ3v) is 6.66. The second-order valence-corrected chi connectivity index (χ2v) is 10.7. The summed E-state index contributed by atoms with van der Waals surface area (Å²) in [7, 11) is 3.48. The van der Waals surface area contributed by atoms with E-state index in [1.54, 1.807) is 23.9 Å². The molecule has 2 aromatic carbocycles. The number of ether oxygens (including phenoxy) is 1. The summed E-state index contributed by atoms with van der Waals surface area (Å²) in [6, 6.07) is 10.7. The molecule has 34 heavy (non-hydrogen) atoms. The number of carboxylic acid groups (broad SMARTS) is 1. The second-order valence-electron chi connectivity index (χ2n) is 9.75. The Hall–Kier alpha value is -2.61. The molecule has 6 nitrogen and oxygen atoms in total. The van der Waals surface area contributed by atoms with Crippen LogP contribution in [0.25, 0.3) is 22.2 Å². The predicted molar refractivity (Wildman–Crippen MR) is 137 cm³/mol. The van der Waals surface area contributed by atoms with Crippen LogP contribution >= 0.6 is 15.9 Å². The van der Waals surface area contributed by atoms with E-state index in [1.165, 1.54) is 11.0 Å². The van der Waals surface area contributed by atoms with Crippen molar-refractivity contribution in [1.29, 1.82) is 0 Å². The summed E-state index contributed by atoms with van der Waals surface area (Å²) in [6.45, 7) is 6.66. The first-order chi connectivity index (χ1) is 16.0. The summed E-state index contributed by atoms with van der Waals surface area (Å²) < 4.78 is 23.4. The summed E-state index contributed by atoms with van der Waals surface area (Å²) in [4.78, 5) is 12.8. The second kappa shape index (κ2) is 10.8. The molecule has 1 N–H and O–H groups in total. The van der Waals surface area contributed by atoms with Crippen molar-refractivity contribution in [2.45, 2.75) is 52.5 Å². The Morgan fingerprint density at radius 2 is 1.94 bits per heavy atom. The summed E-state index contributed by atoms with van der Waals surface area (Å²) in [6.07, 6.45) is 2.52. The third-order valence-electron chi connectivity index (χ3n) is 6.17. The molecule has 0 bridgehead atoms. The van der Waals surface area contributed by atoms with Gasteiger partial charge >= 0.3 is 6.09 Å². The highest BCUT2D eigenvalue weighted by Gasteiger charge is 2.30. The van der Waals surface area contributed by atoms with Gasteiger partial charge in [0, 0.05) is 41.6 Å². The van der Waals surface area contributed by atoms with Crippen molar-refractivity contribution in [2.24, 2.45) is 12.5 Å². The number of hydrogen-bond acceptors (Lipinski definition) is 3. The molecule has 8 heteroatoms. The summed E-state index contributed by atoms with van der Waals surface area (Å²) in [5.74, 6) is 0.114. The quantitative estimate of drug-likeness (QED) is 0.297. The molecule has 1 unspecified atom stereocenters. The van der Waals surface area contributed by atoms with Crippen LogP contribution in [-0.4, -0.2) is 45.6 Å². The number of aryl methyl sites for hydroxylation is 1. The van der Waals surface area contributed by atoms with Crippen molar-refractivity contribution < 1.29 is 19.0 Å². The Morgan fingerprint density at radius 3 is 2.59 bits per heavy atom. The number of fused-ring (bicyclic) bond motifs is 1. The number of rotatable bonds is 9. The van der Waals surface area contributed by atoms with Gasteiger partial charge in [-0.15, -0.1) is 0 Å². The van der Waals surface area contributed by atoms with Crippen molar-refractivity contribution in [3.05, 3.63) is 46.7 Å². The highest BCUT2D eigenvalue weighted by molar-refractivity contribution is 9.10. The zero-order valence-corrected chi connectivity index (χ0v) is 22.0. The zero-order chi connectivity index (χ0) is 25.0. The van der Waals surface area contributed by atoms with Gasteiger partial charge in [-0.3, -0.25) is 4.68 Å². The molecule has 0 spiro atoms. The fraction of sp³-hybridized carbons (Fsp3) is 0.462. The molecule has 1 atom stereocenters. The summed E-state index contributed by atoms with van der Waals surface area (Å²) in [5, 5.41) is 14.7. The Balaban J connectivity index is 1.55. The minimum absolute atomic E-state index is 0.0455. The number of unbranched alkanes of at least 4 members (excludes halogenated alkanes) is 2. The van der Waals surface area contributed by atoms with Crippen LogP contribution < -0.4 is 4.74 Å². The molecule has 1 amide bonds. The molecular weight excluding hydrogens is 501 g/mol. The van der Waals surface area contributed by atoms with E-state index in [-0.39, 0.29) is 17.3 Å². The van der Waals surface area contributed by atoms with Gasteiger partial charge in [-0.05, 0) is 55.0 Å². The van der Waals surface area contributed by atoms with E-state index < -0.39 is 6.09 Å². The minimum atomic E-state index is -0.903. The van der Waals surface area contributed by atoms with Gasteiger partial charge in [0.15, 0.2) is 0 Å². The van der Waals surface area contributed by atoms with Crippen molar-refractivity contribution in [3.8, 4) is 17.0 Å². The maximum Gasteiger partial charge on any atom is 0.407 e. The van der Waals surface area contributed by atoms with Crippen LogP contribution in [-0.2, 0) is 7.05 Å². The number of amides is 1. The Kier molecular flexibility index (Phi) is 8.23. The summed E-state index contributed by atoms with van der Waals surface area (Å²) >= 11 is 3.48. The predicted octanol–water partition coefficient (Wildman–Crippen LogP) is 7.11. The van der Waals surface area contributed by atoms with Gasteiger partial charge < -0.3 is 14.7 Å². The Labute approximate surface area is 208 Å². The maximum absolute atomic E-state index is 15.0. The largest absolute Gasteiger partial charge is 0.493 e. The lowest BCUT2D eigenvalue weighted by Crippen LogP contribution is -2.44. The van der Waals surface area contributed by atoms with E-state index in [1.807, 2.05) is 25.2 Å². The first-order valence-electron chi connectivity index (χ1n) is 11.5. The van der Waals surface area contributed by atoms with Crippen LogP contribution in [0.5, 0.6) is 5.75 Å². The molecule has 0 aliphatic heterocycles. The van der Waals surface area contributed by atoms with Crippen molar-refractivity contribution >= 4 is 32.9 Å². The van der Waals surface area contributed by atoms with Crippen LogP contribution in [0.4, 0.5) is 9.18 Å². The molecule has 0 saturated carbocycles. The third kappa shape index (κ3) is 6.09. The first-order valence-corrected chi connectivity index (χ1v) is 12.3. The first kappa shape index (κ1) is 26.0. The van der Waals surface area contributed by atoms with Crippen LogP contribution in [0.3, 0.4) is 0 Å². The van der Waals surface area contributed by atoms with E-state index >= 15 is 0 Å². The Bertz CT molecular complexity index is 1160. The SMILES string of the molecule is CN(C(=O)O)C(CCCCCOc1ccc(-c2nn(C)c3ccc(Br)cc23)c(F)c1)C(C)(C)C. The van der Waals surface area contributed by atoms with Crippen LogP contribution in [0.1, 0.15) is 46.5 Å². The fourth-order valence-electron chi connectivity index (χ4n) is 4.36. The Morgan fingerprint density at radius 1 is 1.21 bits per heavy atom. The van der Waals surface area contributed by atoms with Crippen molar-refractivity contribution in [3.63, 3.8) is 0 Å². The lowest BCUT2D eigenvalue weighted by atomic mass is 9.83. The smallest absolute Gasteiger partial charge is 0.407 e. The lowest BCUT2D eigenvalue weighted by Gasteiger charge is -2.36. The van der Waals surface area contributed by atoms with Gasteiger partial charge in [0.25, 0.3) is 0 Å². The molecule has 3 aromatic rings. The molecule has 0 saturated heterocycles.